The number of hydrogen-bond acceptors (Lipinski definition) is 7. The van der Waals surface area contributed by atoms with E-state index in [0.717, 1.165) is 0 Å². The predicted octanol–water partition coefficient (Wildman–Crippen LogP) is 2.25. The molecule has 2 heterocycles. The Morgan fingerprint density at radius 2 is 2.00 bits per heavy atom. The van der Waals surface area contributed by atoms with E-state index in [0.29, 0.717) is 25.8 Å². The maximum Gasteiger partial charge on any atom is 0.323 e. The number of fused-ring (bicyclic) bond motifs is 1. The Labute approximate surface area is 179 Å². The van der Waals surface area contributed by atoms with Gasteiger partial charge in [0.1, 0.15) is 31.0 Å². The highest BCUT2D eigenvalue weighted by Crippen LogP contribution is 2.37. The van der Waals surface area contributed by atoms with Crippen LogP contribution >= 0.6 is 39.1 Å². The molecule has 3 rings (SSSR count). The summed E-state index contributed by atoms with van der Waals surface area (Å²) < 4.78 is 12.8. The summed E-state index contributed by atoms with van der Waals surface area (Å²) >= 11 is 15.4. The van der Waals surface area contributed by atoms with Gasteiger partial charge in [0.15, 0.2) is 11.0 Å². The predicted molar refractivity (Wildman–Crippen MR) is 107 cm³/mol. The van der Waals surface area contributed by atoms with Crippen LogP contribution in [-0.2, 0) is 14.3 Å². The first kappa shape index (κ1) is 21.8. The van der Waals surface area contributed by atoms with E-state index in [-0.39, 0.29) is 12.5 Å². The van der Waals surface area contributed by atoms with E-state index in [4.69, 9.17) is 38.4 Å². The van der Waals surface area contributed by atoms with E-state index in [2.05, 4.69) is 20.9 Å². The van der Waals surface area contributed by atoms with Crippen molar-refractivity contribution in [3.05, 3.63) is 26.9 Å². The first-order valence-corrected chi connectivity index (χ1v) is 10.1. The van der Waals surface area contributed by atoms with E-state index >= 15 is 0 Å². The smallest absolute Gasteiger partial charge is 0.323 e. The first-order chi connectivity index (χ1) is 13.1. The van der Waals surface area contributed by atoms with Crippen LogP contribution in [0.25, 0.3) is 11.0 Å². The second kappa shape index (κ2) is 8.43. The molecular formula is C17H20BrCl2N3O5. The van der Waals surface area contributed by atoms with Crippen molar-refractivity contribution in [2.75, 3.05) is 6.61 Å². The summed E-state index contributed by atoms with van der Waals surface area (Å²) in [5, 5.41) is 21.5. The summed E-state index contributed by atoms with van der Waals surface area (Å²) in [7, 11) is 0. The summed E-state index contributed by atoms with van der Waals surface area (Å²) in [6.07, 6.45) is -4.48. The Morgan fingerprint density at radius 3 is 2.64 bits per heavy atom. The number of aliphatic hydroxyl groups excluding tert-OH is 2. The van der Waals surface area contributed by atoms with Crippen LogP contribution in [0.3, 0.4) is 0 Å². The number of nitrogens with zero attached hydrogens (tertiary/aromatic N) is 2. The highest BCUT2D eigenvalue weighted by molar-refractivity contribution is 9.10. The second-order valence-corrected chi connectivity index (χ2v) is 8.48. The molecule has 4 N–H and O–H groups in total. The van der Waals surface area contributed by atoms with Gasteiger partial charge in [-0.3, -0.25) is 9.36 Å². The molecule has 1 aromatic carbocycles. The van der Waals surface area contributed by atoms with Crippen LogP contribution in [0.1, 0.15) is 20.1 Å². The molecule has 0 amide bonds. The molecule has 0 radical (unpaired) electrons. The minimum atomic E-state index is -1.29. The lowest BCUT2D eigenvalue weighted by Crippen LogP contribution is -2.40. The molecule has 0 bridgehead atoms. The average Bonchev–Trinajstić information content (AvgIpc) is 3.09. The molecular weight excluding hydrogens is 477 g/mol. The van der Waals surface area contributed by atoms with Gasteiger partial charge in [-0.15, -0.1) is 0 Å². The average molecular weight is 497 g/mol. The van der Waals surface area contributed by atoms with Crippen molar-refractivity contribution in [2.24, 2.45) is 11.7 Å². The Hall–Kier alpha value is -0.940. The maximum atomic E-state index is 11.9. The lowest BCUT2D eigenvalue weighted by Gasteiger charge is -2.19. The summed E-state index contributed by atoms with van der Waals surface area (Å²) in [4.78, 5) is 16.3. The minimum absolute atomic E-state index is 0.0925. The number of imidazole rings is 1. The van der Waals surface area contributed by atoms with Gasteiger partial charge in [0.2, 0.25) is 0 Å². The van der Waals surface area contributed by atoms with Gasteiger partial charge >= 0.3 is 5.97 Å². The van der Waals surface area contributed by atoms with Crippen molar-refractivity contribution >= 4 is 56.1 Å². The van der Waals surface area contributed by atoms with E-state index in [1.165, 1.54) is 0 Å². The van der Waals surface area contributed by atoms with E-state index in [9.17, 15) is 15.0 Å². The van der Waals surface area contributed by atoms with Gasteiger partial charge in [0, 0.05) is 0 Å². The van der Waals surface area contributed by atoms with Crippen molar-refractivity contribution in [3.8, 4) is 0 Å². The number of rotatable bonds is 5. The summed E-state index contributed by atoms with van der Waals surface area (Å²) in [6.45, 7) is 3.35. The molecule has 1 saturated heterocycles. The van der Waals surface area contributed by atoms with Crippen LogP contribution in [0.2, 0.25) is 10.0 Å². The van der Waals surface area contributed by atoms with Crippen LogP contribution in [0.4, 0.5) is 0 Å². The number of esters is 1. The SMILES string of the molecule is CC(C)[C@@H](N)C(=O)OC[C@H]1O[C@@H](n2c(Br)nc3cc(Cl)c(Cl)cc32)[C@H](O)[C@@H]1O. The van der Waals surface area contributed by atoms with E-state index in [1.807, 2.05) is 0 Å². The number of carbonyl (C=O) groups excluding carboxylic acids is 1. The highest BCUT2D eigenvalue weighted by atomic mass is 79.9. The standard InChI is InChI=1S/C17H20BrCl2N3O5/c1-6(2)12(21)16(26)27-5-11-13(24)14(25)15(28-11)23-10-4-8(20)7(19)3-9(10)22-17(23)18/h3-4,6,11-15,24-25H,5,21H2,1-2H3/t11-,12-,13-,14-,15-/m1/s1. The second-order valence-electron chi connectivity index (χ2n) is 6.95. The van der Waals surface area contributed by atoms with Gasteiger partial charge < -0.3 is 25.4 Å². The minimum Gasteiger partial charge on any atom is -0.462 e. The number of benzene rings is 1. The molecule has 8 nitrogen and oxygen atoms in total. The molecule has 28 heavy (non-hydrogen) atoms. The molecule has 0 unspecified atom stereocenters. The quantitative estimate of drug-likeness (QED) is 0.543. The van der Waals surface area contributed by atoms with Crippen molar-refractivity contribution in [1.29, 1.82) is 0 Å². The Kier molecular flexibility index (Phi) is 6.55. The normalized spacial score (nSPS) is 26.2. The number of aromatic nitrogens is 2. The Bertz CT molecular complexity index is 893. The number of nitrogens with two attached hydrogens (primary N) is 1. The molecule has 1 aliphatic heterocycles. The van der Waals surface area contributed by atoms with Crippen LogP contribution in [-0.4, -0.2) is 56.7 Å². The van der Waals surface area contributed by atoms with Gasteiger partial charge in [0.25, 0.3) is 0 Å². The van der Waals surface area contributed by atoms with Crippen LogP contribution in [0, 0.1) is 5.92 Å². The van der Waals surface area contributed by atoms with Gasteiger partial charge in [0.05, 0.1) is 21.1 Å². The number of halogens is 3. The summed E-state index contributed by atoms with van der Waals surface area (Å²) in [6, 6.07) is 2.40. The molecule has 0 aliphatic carbocycles. The molecule has 154 valence electrons. The fourth-order valence-corrected chi connectivity index (χ4v) is 3.82. The Balaban J connectivity index is 1.81. The fraction of sp³-hybridized carbons (Fsp3) is 0.529. The van der Waals surface area contributed by atoms with Crippen LogP contribution in [0.5, 0.6) is 0 Å². The van der Waals surface area contributed by atoms with E-state index in [1.54, 1.807) is 30.5 Å². The zero-order chi connectivity index (χ0) is 20.7. The number of ether oxygens (including phenoxy) is 2. The maximum absolute atomic E-state index is 11.9. The van der Waals surface area contributed by atoms with Crippen molar-refractivity contribution in [1.82, 2.24) is 9.55 Å². The summed E-state index contributed by atoms with van der Waals surface area (Å²) in [5.74, 6) is -0.690. The lowest BCUT2D eigenvalue weighted by molar-refractivity contribution is -0.152. The fourth-order valence-electron chi connectivity index (χ4n) is 2.92. The number of aliphatic hydroxyl groups is 2. The van der Waals surface area contributed by atoms with E-state index < -0.39 is 36.6 Å². The zero-order valence-corrected chi connectivity index (χ0v) is 18.1. The molecule has 2 aromatic rings. The first-order valence-electron chi connectivity index (χ1n) is 8.58. The molecule has 0 spiro atoms. The molecule has 1 aliphatic rings. The third-order valence-electron chi connectivity index (χ3n) is 4.66. The van der Waals surface area contributed by atoms with Crippen molar-refractivity contribution in [2.45, 2.75) is 44.4 Å². The zero-order valence-electron chi connectivity index (χ0n) is 15.1. The number of carbonyl (C=O) groups is 1. The monoisotopic (exact) mass is 495 g/mol. The van der Waals surface area contributed by atoms with Crippen LogP contribution in [0.15, 0.2) is 16.9 Å². The lowest BCUT2D eigenvalue weighted by atomic mass is 10.1. The van der Waals surface area contributed by atoms with Gasteiger partial charge in [-0.25, -0.2) is 4.98 Å². The Morgan fingerprint density at radius 1 is 1.36 bits per heavy atom. The molecule has 1 aromatic heterocycles. The third-order valence-corrected chi connectivity index (χ3v) is 5.94. The van der Waals surface area contributed by atoms with Crippen molar-refractivity contribution < 1.29 is 24.5 Å². The third kappa shape index (κ3) is 4.02. The molecule has 0 saturated carbocycles. The number of hydrogen-bond donors (Lipinski definition) is 3. The van der Waals surface area contributed by atoms with Gasteiger partial charge in [-0.05, 0) is 34.0 Å². The van der Waals surface area contributed by atoms with Gasteiger partial charge in [-0.2, -0.15) is 0 Å². The summed E-state index contributed by atoms with van der Waals surface area (Å²) in [5.41, 5.74) is 6.84. The van der Waals surface area contributed by atoms with Gasteiger partial charge in [-0.1, -0.05) is 37.0 Å². The highest BCUT2D eigenvalue weighted by Gasteiger charge is 2.45. The van der Waals surface area contributed by atoms with Crippen molar-refractivity contribution in [3.63, 3.8) is 0 Å². The topological polar surface area (TPSA) is 120 Å². The van der Waals surface area contributed by atoms with Crippen LogP contribution < -0.4 is 5.73 Å². The molecule has 5 atom stereocenters. The molecule has 1 fully saturated rings. The molecule has 11 heteroatoms. The largest absolute Gasteiger partial charge is 0.462 e.